The second kappa shape index (κ2) is 6.45. The van der Waals surface area contributed by atoms with E-state index in [2.05, 4.69) is 14.6 Å². The molecule has 1 aliphatic rings. The average molecular weight is 283 g/mol. The highest BCUT2D eigenvalue weighted by molar-refractivity contribution is 7.88. The lowest BCUT2D eigenvalue weighted by Gasteiger charge is -2.34. The van der Waals surface area contributed by atoms with Crippen LogP contribution in [0.15, 0.2) is 24.5 Å². The maximum absolute atomic E-state index is 11.3. The number of hydrogen-bond acceptors (Lipinski definition) is 4. The first-order chi connectivity index (χ1) is 9.06. The Kier molecular flexibility index (Phi) is 4.90. The van der Waals surface area contributed by atoms with Gasteiger partial charge in [-0.15, -0.1) is 0 Å². The Bertz CT molecular complexity index is 484. The lowest BCUT2D eigenvalue weighted by atomic mass is 10.0. The summed E-state index contributed by atoms with van der Waals surface area (Å²) < 4.78 is 25.2. The Hall–Kier alpha value is -0.980. The Morgan fingerprint density at radius 1 is 1.37 bits per heavy atom. The minimum Gasteiger partial charge on any atom is -0.295 e. The van der Waals surface area contributed by atoms with Crippen LogP contribution in [0.4, 0.5) is 0 Å². The minimum absolute atomic E-state index is 0.0729. The van der Waals surface area contributed by atoms with E-state index in [0.29, 0.717) is 6.54 Å². The van der Waals surface area contributed by atoms with Crippen LogP contribution in [0.2, 0.25) is 0 Å². The summed E-state index contributed by atoms with van der Waals surface area (Å²) in [7, 11) is -3.16. The van der Waals surface area contributed by atoms with E-state index in [-0.39, 0.29) is 6.04 Å². The SMILES string of the molecule is CS(=O)(=O)NCC(c1cccnc1)N1CCCCC1. The molecule has 0 bridgehead atoms. The van der Waals surface area contributed by atoms with Gasteiger partial charge in [0.15, 0.2) is 0 Å². The predicted molar refractivity (Wildman–Crippen MR) is 75.2 cm³/mol. The zero-order chi connectivity index (χ0) is 13.7. The van der Waals surface area contributed by atoms with Crippen molar-refractivity contribution in [3.8, 4) is 0 Å². The second-order valence-electron chi connectivity index (χ2n) is 5.02. The Balaban J connectivity index is 2.12. The van der Waals surface area contributed by atoms with Gasteiger partial charge in [-0.3, -0.25) is 9.88 Å². The van der Waals surface area contributed by atoms with Crippen molar-refractivity contribution in [3.05, 3.63) is 30.1 Å². The monoisotopic (exact) mass is 283 g/mol. The number of nitrogens with zero attached hydrogens (tertiary/aromatic N) is 2. The van der Waals surface area contributed by atoms with E-state index in [4.69, 9.17) is 0 Å². The van der Waals surface area contributed by atoms with Gasteiger partial charge in [-0.1, -0.05) is 12.5 Å². The molecule has 1 atom stereocenters. The van der Waals surface area contributed by atoms with Gasteiger partial charge in [0, 0.05) is 25.0 Å². The van der Waals surface area contributed by atoms with Crippen LogP contribution in [0, 0.1) is 0 Å². The fourth-order valence-corrected chi connectivity index (χ4v) is 2.95. The van der Waals surface area contributed by atoms with Gasteiger partial charge in [0.1, 0.15) is 0 Å². The van der Waals surface area contributed by atoms with Gasteiger partial charge in [-0.25, -0.2) is 13.1 Å². The van der Waals surface area contributed by atoms with Crippen LogP contribution in [-0.4, -0.2) is 44.2 Å². The molecular weight excluding hydrogens is 262 g/mol. The summed E-state index contributed by atoms with van der Waals surface area (Å²) in [6.07, 6.45) is 8.37. The molecule has 1 unspecified atom stereocenters. The first-order valence-electron chi connectivity index (χ1n) is 6.65. The summed E-state index contributed by atoms with van der Waals surface area (Å²) in [5.74, 6) is 0. The van der Waals surface area contributed by atoms with Gasteiger partial charge in [0.2, 0.25) is 10.0 Å². The molecule has 6 heteroatoms. The third kappa shape index (κ3) is 4.56. The second-order valence-corrected chi connectivity index (χ2v) is 6.85. The highest BCUT2D eigenvalue weighted by atomic mass is 32.2. The van der Waals surface area contributed by atoms with Crippen LogP contribution >= 0.6 is 0 Å². The third-order valence-electron chi connectivity index (χ3n) is 3.44. The Morgan fingerprint density at radius 3 is 2.68 bits per heavy atom. The van der Waals surface area contributed by atoms with Crippen molar-refractivity contribution in [2.45, 2.75) is 25.3 Å². The lowest BCUT2D eigenvalue weighted by Crippen LogP contribution is -2.40. The van der Waals surface area contributed by atoms with Crippen molar-refractivity contribution in [3.63, 3.8) is 0 Å². The number of rotatable bonds is 5. The van der Waals surface area contributed by atoms with Gasteiger partial charge in [-0.2, -0.15) is 0 Å². The molecule has 0 amide bonds. The minimum atomic E-state index is -3.16. The van der Waals surface area contributed by atoms with Crippen molar-refractivity contribution in [1.29, 1.82) is 0 Å². The van der Waals surface area contributed by atoms with Crippen LogP contribution in [0.5, 0.6) is 0 Å². The van der Waals surface area contributed by atoms with E-state index in [0.717, 1.165) is 18.7 Å². The molecule has 0 spiro atoms. The fraction of sp³-hybridized carbons (Fsp3) is 0.615. The molecule has 0 saturated carbocycles. The molecule has 1 aliphatic heterocycles. The van der Waals surface area contributed by atoms with E-state index < -0.39 is 10.0 Å². The van der Waals surface area contributed by atoms with E-state index in [1.165, 1.54) is 25.5 Å². The molecule has 1 aromatic heterocycles. The zero-order valence-corrected chi connectivity index (χ0v) is 12.1. The predicted octanol–water partition coefficient (Wildman–Crippen LogP) is 1.16. The molecule has 2 heterocycles. The summed E-state index contributed by atoms with van der Waals surface area (Å²) in [6.45, 7) is 2.44. The van der Waals surface area contributed by atoms with Gasteiger partial charge < -0.3 is 0 Å². The topological polar surface area (TPSA) is 62.3 Å². The summed E-state index contributed by atoms with van der Waals surface area (Å²) >= 11 is 0. The van der Waals surface area contributed by atoms with E-state index >= 15 is 0 Å². The highest BCUT2D eigenvalue weighted by Crippen LogP contribution is 2.23. The molecule has 2 rings (SSSR count). The number of likely N-dealkylation sites (tertiary alicyclic amines) is 1. The fourth-order valence-electron chi connectivity index (χ4n) is 2.49. The number of aromatic nitrogens is 1. The number of sulfonamides is 1. The molecule has 106 valence electrons. The summed E-state index contributed by atoms with van der Waals surface area (Å²) in [5.41, 5.74) is 1.07. The van der Waals surface area contributed by atoms with Gasteiger partial charge in [0.05, 0.1) is 6.26 Å². The van der Waals surface area contributed by atoms with Crippen LogP contribution < -0.4 is 4.72 Å². The van der Waals surface area contributed by atoms with Gasteiger partial charge in [0.25, 0.3) is 0 Å². The molecule has 5 nitrogen and oxygen atoms in total. The third-order valence-corrected chi connectivity index (χ3v) is 4.13. The van der Waals surface area contributed by atoms with Crippen LogP contribution in [0.1, 0.15) is 30.9 Å². The van der Waals surface area contributed by atoms with Crippen molar-refractivity contribution in [2.75, 3.05) is 25.9 Å². The van der Waals surface area contributed by atoms with Crippen LogP contribution in [-0.2, 0) is 10.0 Å². The van der Waals surface area contributed by atoms with E-state index in [9.17, 15) is 8.42 Å². The molecule has 1 fully saturated rings. The van der Waals surface area contributed by atoms with Gasteiger partial charge >= 0.3 is 0 Å². The number of nitrogens with one attached hydrogen (secondary N) is 1. The first kappa shape index (κ1) is 14.4. The molecule has 19 heavy (non-hydrogen) atoms. The summed E-state index contributed by atoms with van der Waals surface area (Å²) in [6, 6.07) is 3.98. The summed E-state index contributed by atoms with van der Waals surface area (Å²) in [4.78, 5) is 6.49. The van der Waals surface area contributed by atoms with Crippen molar-refractivity contribution >= 4 is 10.0 Å². The smallest absolute Gasteiger partial charge is 0.208 e. The Morgan fingerprint density at radius 2 is 2.11 bits per heavy atom. The van der Waals surface area contributed by atoms with Crippen LogP contribution in [0.3, 0.4) is 0 Å². The maximum Gasteiger partial charge on any atom is 0.208 e. The molecule has 0 radical (unpaired) electrons. The quantitative estimate of drug-likeness (QED) is 0.881. The molecule has 1 aromatic rings. The number of pyridine rings is 1. The number of piperidine rings is 1. The zero-order valence-electron chi connectivity index (χ0n) is 11.2. The standard InChI is InChI=1S/C13H21N3O2S/c1-19(17,18)15-11-13(12-6-5-7-14-10-12)16-8-3-2-4-9-16/h5-7,10,13,15H,2-4,8-9,11H2,1H3. The van der Waals surface area contributed by atoms with Crippen molar-refractivity contribution in [2.24, 2.45) is 0 Å². The molecule has 0 aliphatic carbocycles. The summed E-state index contributed by atoms with van der Waals surface area (Å²) in [5, 5.41) is 0. The van der Waals surface area contributed by atoms with Crippen molar-refractivity contribution in [1.82, 2.24) is 14.6 Å². The maximum atomic E-state index is 11.3. The molecule has 0 aromatic carbocycles. The normalized spacial score (nSPS) is 19.2. The molecule has 1 N–H and O–H groups in total. The first-order valence-corrected chi connectivity index (χ1v) is 8.54. The molecular formula is C13H21N3O2S. The van der Waals surface area contributed by atoms with Crippen LogP contribution in [0.25, 0.3) is 0 Å². The molecule has 1 saturated heterocycles. The van der Waals surface area contributed by atoms with E-state index in [1.807, 2.05) is 18.3 Å². The average Bonchev–Trinajstić information content (AvgIpc) is 2.40. The lowest BCUT2D eigenvalue weighted by molar-refractivity contribution is 0.164. The van der Waals surface area contributed by atoms with Crippen molar-refractivity contribution < 1.29 is 8.42 Å². The number of hydrogen-bond donors (Lipinski definition) is 1. The van der Waals surface area contributed by atoms with E-state index in [1.54, 1.807) is 6.20 Å². The Labute approximate surface area is 115 Å². The largest absolute Gasteiger partial charge is 0.295 e. The highest BCUT2D eigenvalue weighted by Gasteiger charge is 2.23. The van der Waals surface area contributed by atoms with Gasteiger partial charge in [-0.05, 0) is 37.6 Å².